The van der Waals surface area contributed by atoms with Crippen molar-refractivity contribution in [2.75, 3.05) is 7.11 Å². The molecule has 1 aliphatic rings. The lowest BCUT2D eigenvalue weighted by Gasteiger charge is -2.36. The van der Waals surface area contributed by atoms with Crippen molar-refractivity contribution in [3.05, 3.63) is 27.8 Å². The normalized spacial score (nSPS) is 16.8. The molecule has 0 saturated heterocycles. The molecule has 0 radical (unpaired) electrons. The van der Waals surface area contributed by atoms with Gasteiger partial charge in [-0.3, -0.25) is 26.2 Å². The second-order valence-corrected chi connectivity index (χ2v) is 10.6. The number of nitrogens with one attached hydrogen (secondary N) is 2. The molecule has 0 bridgehead atoms. The van der Waals surface area contributed by atoms with E-state index in [0.717, 1.165) is 25.7 Å². The third-order valence-corrected chi connectivity index (χ3v) is 6.54. The maximum absolute atomic E-state index is 13.2. The van der Waals surface area contributed by atoms with Gasteiger partial charge in [0.1, 0.15) is 5.60 Å². The molecule has 1 unspecified atom stereocenters. The number of amides is 1. The van der Waals surface area contributed by atoms with Crippen LogP contribution >= 0.6 is 0 Å². The van der Waals surface area contributed by atoms with E-state index in [4.69, 9.17) is 15.3 Å². The van der Waals surface area contributed by atoms with E-state index < -0.39 is 22.0 Å². The molecule has 1 amide bonds. The number of nitro groups is 1. The fourth-order valence-electron chi connectivity index (χ4n) is 4.86. The zero-order valence-electron chi connectivity index (χ0n) is 21.5. The Balaban J connectivity index is 2.19. The highest BCUT2D eigenvalue weighted by molar-refractivity contribution is 5.82. The molecule has 0 aliphatic heterocycles. The topological polar surface area (TPSA) is 129 Å². The van der Waals surface area contributed by atoms with Crippen molar-refractivity contribution in [3.8, 4) is 11.5 Å². The van der Waals surface area contributed by atoms with Gasteiger partial charge in [-0.15, -0.1) is 0 Å². The van der Waals surface area contributed by atoms with Gasteiger partial charge in [-0.1, -0.05) is 46.0 Å². The average Bonchev–Trinajstić information content (AvgIpc) is 2.73. The van der Waals surface area contributed by atoms with E-state index in [1.807, 2.05) is 27.7 Å². The van der Waals surface area contributed by atoms with E-state index >= 15 is 0 Å². The maximum Gasteiger partial charge on any atom is 0.278 e. The summed E-state index contributed by atoms with van der Waals surface area (Å²) in [5.41, 5.74) is 1.34. The fourth-order valence-corrected chi connectivity index (χ4v) is 4.86. The maximum atomic E-state index is 13.2. The number of carbonyl (C=O) groups excluding carboxylic acids is 1. The highest BCUT2D eigenvalue weighted by Gasteiger charge is 2.38. The van der Waals surface area contributed by atoms with Crippen molar-refractivity contribution >= 4 is 11.6 Å². The number of hydrogen-bond acceptors (Lipinski definition) is 7. The van der Waals surface area contributed by atoms with Gasteiger partial charge < -0.3 is 14.8 Å². The molecule has 1 aliphatic carbocycles. The Labute approximate surface area is 203 Å². The van der Waals surface area contributed by atoms with Gasteiger partial charge in [-0.05, 0) is 39.7 Å². The predicted molar refractivity (Wildman–Crippen MR) is 133 cm³/mol. The second kappa shape index (κ2) is 11.8. The van der Waals surface area contributed by atoms with Gasteiger partial charge in [0.2, 0.25) is 5.91 Å². The summed E-state index contributed by atoms with van der Waals surface area (Å²) in [4.78, 5) is 24.4. The molecule has 1 saturated carbocycles. The summed E-state index contributed by atoms with van der Waals surface area (Å²) in [6.07, 6.45) is 8.47. The number of nitro benzene ring substituents is 1. The van der Waals surface area contributed by atoms with Crippen LogP contribution < -0.4 is 26.1 Å². The molecule has 0 heterocycles. The molecular formula is C25H42N4O5. The first-order valence-corrected chi connectivity index (χ1v) is 12.2. The third-order valence-electron chi connectivity index (χ3n) is 6.54. The number of hydrogen-bond donors (Lipinski definition) is 3. The first kappa shape index (κ1) is 27.9. The van der Waals surface area contributed by atoms with Gasteiger partial charge >= 0.3 is 0 Å². The van der Waals surface area contributed by atoms with Crippen LogP contribution in [0.1, 0.15) is 97.6 Å². The average molecular weight is 479 g/mol. The number of benzene rings is 1. The highest BCUT2D eigenvalue weighted by Crippen LogP contribution is 2.41. The van der Waals surface area contributed by atoms with E-state index in [1.165, 1.54) is 32.4 Å². The van der Waals surface area contributed by atoms with E-state index in [-0.39, 0.29) is 23.4 Å². The molecule has 34 heavy (non-hydrogen) atoms. The number of hydrazine groups is 1. The van der Waals surface area contributed by atoms with Crippen LogP contribution in [0.3, 0.4) is 0 Å². The Morgan fingerprint density at radius 2 is 1.74 bits per heavy atom. The molecule has 9 nitrogen and oxygen atoms in total. The Morgan fingerprint density at radius 3 is 2.26 bits per heavy atom. The number of nitrogens with two attached hydrogens (primary N) is 1. The molecule has 1 aromatic rings. The van der Waals surface area contributed by atoms with Gasteiger partial charge in [0.05, 0.1) is 29.7 Å². The largest absolute Gasteiger partial charge is 0.493 e. The summed E-state index contributed by atoms with van der Waals surface area (Å²) < 4.78 is 11.7. The first-order chi connectivity index (χ1) is 15.9. The van der Waals surface area contributed by atoms with Gasteiger partial charge in [-0.25, -0.2) is 0 Å². The minimum absolute atomic E-state index is 0.00545. The zero-order valence-corrected chi connectivity index (χ0v) is 21.5. The molecule has 0 spiro atoms. The van der Waals surface area contributed by atoms with Crippen molar-refractivity contribution in [3.63, 3.8) is 0 Å². The highest BCUT2D eigenvalue weighted by atomic mass is 16.6. The van der Waals surface area contributed by atoms with Gasteiger partial charge in [0.15, 0.2) is 11.5 Å². The first-order valence-electron chi connectivity index (χ1n) is 12.2. The lowest BCUT2D eigenvalue weighted by Crippen LogP contribution is -2.47. The van der Waals surface area contributed by atoms with Crippen molar-refractivity contribution in [2.24, 2.45) is 11.3 Å². The summed E-state index contributed by atoms with van der Waals surface area (Å²) in [6, 6.07) is 2.70. The van der Waals surface area contributed by atoms with Gasteiger partial charge in [-0.2, -0.15) is 0 Å². The summed E-state index contributed by atoms with van der Waals surface area (Å²) in [6.45, 7) is 9.30. The number of nitrogens with zero attached hydrogens (tertiary/aromatic N) is 1. The summed E-state index contributed by atoms with van der Waals surface area (Å²) in [7, 11) is 1.48. The molecule has 1 fully saturated rings. The third kappa shape index (κ3) is 7.56. The number of ether oxygens (including phenoxy) is 2. The van der Waals surface area contributed by atoms with E-state index in [0.29, 0.717) is 17.7 Å². The lowest BCUT2D eigenvalue weighted by atomic mass is 9.80. The van der Waals surface area contributed by atoms with Crippen LogP contribution in [0.4, 0.5) is 5.69 Å². The molecule has 9 heteroatoms. The van der Waals surface area contributed by atoms with Crippen molar-refractivity contribution in [1.29, 1.82) is 0 Å². The van der Waals surface area contributed by atoms with Crippen molar-refractivity contribution < 1.29 is 19.2 Å². The summed E-state index contributed by atoms with van der Waals surface area (Å²) in [5.74, 6) is 6.13. The Bertz CT molecular complexity index is 848. The van der Waals surface area contributed by atoms with Crippen LogP contribution in [-0.4, -0.2) is 29.6 Å². The fraction of sp³-hybridized carbons (Fsp3) is 0.720. The number of rotatable bonds is 10. The standard InChI is InChI=1S/C25H42N4O5/c1-17(28-26)19-14-21(33-6)22(15-20(19)29(31)32)34-25(4,5)16-24(2,3)23(30)27-18-12-10-8-7-9-11-13-18/h14-15,17-18,28H,7-13,16,26H2,1-6H3,(H,27,30). The molecule has 1 aromatic carbocycles. The quantitative estimate of drug-likeness (QED) is 0.247. The molecule has 0 aromatic heterocycles. The monoisotopic (exact) mass is 478 g/mol. The lowest BCUT2D eigenvalue weighted by molar-refractivity contribution is -0.385. The van der Waals surface area contributed by atoms with Gasteiger partial charge in [0.25, 0.3) is 5.69 Å². The number of carbonyl (C=O) groups is 1. The van der Waals surface area contributed by atoms with E-state index in [9.17, 15) is 14.9 Å². The molecule has 192 valence electrons. The van der Waals surface area contributed by atoms with Crippen molar-refractivity contribution in [1.82, 2.24) is 10.7 Å². The molecule has 1 atom stereocenters. The summed E-state index contributed by atoms with van der Waals surface area (Å²) in [5, 5.41) is 15.0. The predicted octanol–water partition coefficient (Wildman–Crippen LogP) is 4.93. The van der Waals surface area contributed by atoms with Gasteiger partial charge in [0, 0.05) is 17.9 Å². The Hall–Kier alpha value is -2.39. The van der Waals surface area contributed by atoms with Crippen LogP contribution in [0, 0.1) is 15.5 Å². The van der Waals surface area contributed by atoms with Crippen molar-refractivity contribution in [2.45, 2.75) is 104 Å². The van der Waals surface area contributed by atoms with Crippen LogP contribution in [0.2, 0.25) is 0 Å². The Kier molecular flexibility index (Phi) is 9.70. The molecule has 2 rings (SSSR count). The minimum atomic E-state index is -0.790. The van der Waals surface area contributed by atoms with E-state index in [1.54, 1.807) is 13.0 Å². The van der Waals surface area contributed by atoms with Crippen LogP contribution in [0.5, 0.6) is 11.5 Å². The smallest absolute Gasteiger partial charge is 0.278 e. The van der Waals surface area contributed by atoms with Crippen LogP contribution in [-0.2, 0) is 4.79 Å². The summed E-state index contributed by atoms with van der Waals surface area (Å²) >= 11 is 0. The second-order valence-electron chi connectivity index (χ2n) is 10.6. The zero-order chi connectivity index (χ0) is 25.5. The van der Waals surface area contributed by atoms with Crippen LogP contribution in [0.15, 0.2) is 12.1 Å². The molecular weight excluding hydrogens is 436 g/mol. The minimum Gasteiger partial charge on any atom is -0.493 e. The van der Waals surface area contributed by atoms with E-state index in [2.05, 4.69) is 10.7 Å². The van der Waals surface area contributed by atoms with Crippen LogP contribution in [0.25, 0.3) is 0 Å². The molecule has 4 N–H and O–H groups in total. The number of methoxy groups -OCH3 is 1. The Morgan fingerprint density at radius 1 is 1.15 bits per heavy atom. The SMILES string of the molecule is COc1cc(C(C)NN)c([N+](=O)[O-])cc1OC(C)(C)CC(C)(C)C(=O)NC1CCCCCCC1.